The van der Waals surface area contributed by atoms with E-state index in [2.05, 4.69) is 24.1 Å². The Bertz CT molecular complexity index is 342. The first kappa shape index (κ1) is 12.5. The Morgan fingerprint density at radius 3 is 2.50 bits per heavy atom. The molecular weight excluding hydrogens is 224 g/mol. The molecule has 1 spiro atoms. The van der Waals surface area contributed by atoms with Crippen molar-refractivity contribution in [2.24, 2.45) is 5.41 Å². The summed E-state index contributed by atoms with van der Waals surface area (Å²) in [5, 5.41) is 3.60. The lowest BCUT2D eigenvalue weighted by molar-refractivity contribution is -0.133. The number of amides is 1. The van der Waals surface area contributed by atoms with Crippen LogP contribution in [0.15, 0.2) is 0 Å². The average molecular weight is 250 g/mol. The molecular formula is C15H26N2O. The van der Waals surface area contributed by atoms with E-state index in [0.29, 0.717) is 11.3 Å². The molecule has 1 heterocycles. The summed E-state index contributed by atoms with van der Waals surface area (Å²) >= 11 is 0. The fourth-order valence-corrected chi connectivity index (χ4v) is 4.09. The zero-order chi connectivity index (χ0) is 12.8. The fourth-order valence-electron chi connectivity index (χ4n) is 4.09. The highest BCUT2D eigenvalue weighted by Crippen LogP contribution is 2.51. The molecule has 1 aliphatic heterocycles. The van der Waals surface area contributed by atoms with Gasteiger partial charge in [-0.2, -0.15) is 0 Å². The number of hydrogen-bond acceptors (Lipinski definition) is 2. The molecule has 1 unspecified atom stereocenters. The van der Waals surface area contributed by atoms with E-state index >= 15 is 0 Å². The third-order valence-corrected chi connectivity index (χ3v) is 5.32. The van der Waals surface area contributed by atoms with Gasteiger partial charge in [-0.1, -0.05) is 26.2 Å². The smallest absolute Gasteiger partial charge is 0.244 e. The van der Waals surface area contributed by atoms with Crippen molar-refractivity contribution in [3.05, 3.63) is 0 Å². The van der Waals surface area contributed by atoms with E-state index in [4.69, 9.17) is 0 Å². The largest absolute Gasteiger partial charge is 0.325 e. The van der Waals surface area contributed by atoms with Gasteiger partial charge in [0.15, 0.2) is 0 Å². The van der Waals surface area contributed by atoms with Crippen LogP contribution in [-0.2, 0) is 4.79 Å². The molecule has 3 aliphatic rings. The summed E-state index contributed by atoms with van der Waals surface area (Å²) in [4.78, 5) is 14.9. The van der Waals surface area contributed by atoms with Crippen molar-refractivity contribution in [3.63, 3.8) is 0 Å². The SMILES string of the molecule is CCCC1(CN2C(=O)C3(CCCC3)NC2C)CC1. The molecule has 0 aromatic heterocycles. The van der Waals surface area contributed by atoms with E-state index in [-0.39, 0.29) is 11.7 Å². The molecule has 102 valence electrons. The lowest BCUT2D eigenvalue weighted by atomic mass is 9.96. The molecule has 3 heteroatoms. The third-order valence-electron chi connectivity index (χ3n) is 5.32. The van der Waals surface area contributed by atoms with Crippen molar-refractivity contribution in [3.8, 4) is 0 Å². The van der Waals surface area contributed by atoms with Crippen molar-refractivity contribution in [1.29, 1.82) is 0 Å². The van der Waals surface area contributed by atoms with E-state index < -0.39 is 0 Å². The van der Waals surface area contributed by atoms with Gasteiger partial charge in [0.25, 0.3) is 0 Å². The molecule has 1 atom stereocenters. The monoisotopic (exact) mass is 250 g/mol. The summed E-state index contributed by atoms with van der Waals surface area (Å²) in [5.41, 5.74) is 0.298. The zero-order valence-corrected chi connectivity index (χ0v) is 11.8. The van der Waals surface area contributed by atoms with Crippen molar-refractivity contribution >= 4 is 5.91 Å². The molecule has 1 saturated heterocycles. The van der Waals surface area contributed by atoms with Crippen LogP contribution in [0.25, 0.3) is 0 Å². The van der Waals surface area contributed by atoms with E-state index in [1.165, 1.54) is 38.5 Å². The second kappa shape index (κ2) is 4.22. The molecule has 2 saturated carbocycles. The number of hydrogen-bond donors (Lipinski definition) is 1. The predicted molar refractivity (Wildman–Crippen MR) is 72.1 cm³/mol. The Balaban J connectivity index is 1.71. The third kappa shape index (κ3) is 1.87. The van der Waals surface area contributed by atoms with Crippen LogP contribution in [0.5, 0.6) is 0 Å². The van der Waals surface area contributed by atoms with Gasteiger partial charge in [0, 0.05) is 6.54 Å². The van der Waals surface area contributed by atoms with Gasteiger partial charge in [-0.25, -0.2) is 0 Å². The van der Waals surface area contributed by atoms with Gasteiger partial charge in [-0.15, -0.1) is 0 Å². The summed E-state index contributed by atoms with van der Waals surface area (Å²) in [6, 6.07) is 0. The van der Waals surface area contributed by atoms with Crippen molar-refractivity contribution in [2.75, 3.05) is 6.54 Å². The van der Waals surface area contributed by atoms with Gasteiger partial charge >= 0.3 is 0 Å². The maximum absolute atomic E-state index is 12.7. The van der Waals surface area contributed by atoms with Crippen LogP contribution >= 0.6 is 0 Å². The van der Waals surface area contributed by atoms with Crippen LogP contribution < -0.4 is 5.32 Å². The van der Waals surface area contributed by atoms with Gasteiger partial charge in [-0.05, 0) is 44.4 Å². The van der Waals surface area contributed by atoms with Crippen molar-refractivity contribution < 1.29 is 4.79 Å². The molecule has 1 amide bonds. The summed E-state index contributed by atoms with van der Waals surface area (Å²) < 4.78 is 0. The average Bonchev–Trinajstić information content (AvgIpc) is 2.86. The fraction of sp³-hybridized carbons (Fsp3) is 0.933. The number of carbonyl (C=O) groups excluding carboxylic acids is 1. The summed E-state index contributed by atoms with van der Waals surface area (Å²) in [7, 11) is 0. The maximum Gasteiger partial charge on any atom is 0.244 e. The quantitative estimate of drug-likeness (QED) is 0.832. The normalized spacial score (nSPS) is 32.4. The number of nitrogens with one attached hydrogen (secondary N) is 1. The Hall–Kier alpha value is -0.570. The molecule has 3 nitrogen and oxygen atoms in total. The molecule has 3 fully saturated rings. The summed E-state index contributed by atoms with van der Waals surface area (Å²) in [5.74, 6) is 0.398. The van der Waals surface area contributed by atoms with Crippen LogP contribution in [0.1, 0.15) is 65.2 Å². The van der Waals surface area contributed by atoms with Crippen LogP contribution in [0.2, 0.25) is 0 Å². The standard InChI is InChI=1S/C15H26N2O/c1-3-6-14(9-10-14)11-17-12(2)16-15(13(17)18)7-4-5-8-15/h12,16H,3-11H2,1-2H3. The minimum atomic E-state index is -0.179. The molecule has 1 N–H and O–H groups in total. The van der Waals surface area contributed by atoms with E-state index in [0.717, 1.165) is 19.4 Å². The Kier molecular flexibility index (Phi) is 2.92. The van der Waals surface area contributed by atoms with Crippen LogP contribution in [0.3, 0.4) is 0 Å². The van der Waals surface area contributed by atoms with Gasteiger partial charge in [-0.3, -0.25) is 10.1 Å². The highest BCUT2D eigenvalue weighted by atomic mass is 16.2. The molecule has 0 aromatic rings. The van der Waals surface area contributed by atoms with Crippen molar-refractivity contribution in [1.82, 2.24) is 10.2 Å². The first-order valence-corrected chi connectivity index (χ1v) is 7.70. The Morgan fingerprint density at radius 2 is 1.94 bits per heavy atom. The zero-order valence-electron chi connectivity index (χ0n) is 11.8. The first-order valence-electron chi connectivity index (χ1n) is 7.70. The van der Waals surface area contributed by atoms with Gasteiger partial charge in [0.05, 0.1) is 11.7 Å². The number of carbonyl (C=O) groups is 1. The minimum Gasteiger partial charge on any atom is -0.325 e. The van der Waals surface area contributed by atoms with E-state index in [1.807, 2.05) is 0 Å². The highest BCUT2D eigenvalue weighted by Gasteiger charge is 2.54. The summed E-state index contributed by atoms with van der Waals surface area (Å²) in [6.07, 6.45) is 9.93. The molecule has 18 heavy (non-hydrogen) atoms. The van der Waals surface area contributed by atoms with Crippen LogP contribution in [0, 0.1) is 5.41 Å². The number of rotatable bonds is 4. The highest BCUT2D eigenvalue weighted by molar-refractivity contribution is 5.89. The topological polar surface area (TPSA) is 32.3 Å². The van der Waals surface area contributed by atoms with E-state index in [1.54, 1.807) is 0 Å². The molecule has 0 aromatic carbocycles. The molecule has 0 radical (unpaired) electrons. The lowest BCUT2D eigenvalue weighted by Crippen LogP contribution is -2.44. The lowest BCUT2D eigenvalue weighted by Gasteiger charge is -2.27. The minimum absolute atomic E-state index is 0.179. The van der Waals surface area contributed by atoms with Crippen molar-refractivity contribution in [2.45, 2.75) is 76.9 Å². The molecule has 0 bridgehead atoms. The van der Waals surface area contributed by atoms with Gasteiger partial charge in [0.1, 0.15) is 0 Å². The van der Waals surface area contributed by atoms with Gasteiger partial charge < -0.3 is 4.90 Å². The second-order valence-corrected chi connectivity index (χ2v) is 6.79. The Morgan fingerprint density at radius 1 is 1.28 bits per heavy atom. The summed E-state index contributed by atoms with van der Waals surface area (Å²) in [6.45, 7) is 5.41. The number of nitrogens with zero attached hydrogens (tertiary/aromatic N) is 1. The maximum atomic E-state index is 12.7. The predicted octanol–water partition coefficient (Wildman–Crippen LogP) is 2.66. The van der Waals surface area contributed by atoms with Gasteiger partial charge in [0.2, 0.25) is 5.91 Å². The van der Waals surface area contributed by atoms with Crippen LogP contribution in [-0.4, -0.2) is 29.1 Å². The molecule has 2 aliphatic carbocycles. The second-order valence-electron chi connectivity index (χ2n) is 6.79. The van der Waals surface area contributed by atoms with E-state index in [9.17, 15) is 4.79 Å². The first-order chi connectivity index (χ1) is 8.61. The van der Waals surface area contributed by atoms with Crippen LogP contribution in [0.4, 0.5) is 0 Å². The Labute approximate surface area is 110 Å². The molecule has 3 rings (SSSR count).